The molecule has 0 bridgehead atoms. The number of nitrogens with one attached hydrogen (secondary N) is 1. The van der Waals surface area contributed by atoms with Crippen LogP contribution in [0.2, 0.25) is 0 Å². The van der Waals surface area contributed by atoms with E-state index < -0.39 is 0 Å². The summed E-state index contributed by atoms with van der Waals surface area (Å²) >= 11 is 0. The van der Waals surface area contributed by atoms with Gasteiger partial charge >= 0.3 is 0 Å². The first kappa shape index (κ1) is 14.4. The zero-order valence-corrected chi connectivity index (χ0v) is 12.5. The van der Waals surface area contributed by atoms with Gasteiger partial charge in [-0.3, -0.25) is 4.90 Å². The van der Waals surface area contributed by atoms with Gasteiger partial charge in [0.15, 0.2) is 0 Å². The molecule has 1 aliphatic heterocycles. The van der Waals surface area contributed by atoms with Crippen molar-refractivity contribution >= 4 is 5.69 Å². The molecule has 1 fully saturated rings. The van der Waals surface area contributed by atoms with Crippen molar-refractivity contribution in [3.05, 3.63) is 30.3 Å². The van der Waals surface area contributed by atoms with Gasteiger partial charge in [0.2, 0.25) is 0 Å². The van der Waals surface area contributed by atoms with Crippen molar-refractivity contribution < 1.29 is 0 Å². The summed E-state index contributed by atoms with van der Waals surface area (Å²) in [5, 5.41) is 3.33. The molecule has 1 unspecified atom stereocenters. The number of para-hydroxylation sites is 1. The summed E-state index contributed by atoms with van der Waals surface area (Å²) < 4.78 is 0. The maximum Gasteiger partial charge on any atom is 0.0367 e. The Bertz CT molecular complexity index is 356. The minimum Gasteiger partial charge on any atom is -0.369 e. The Labute approximate surface area is 117 Å². The summed E-state index contributed by atoms with van der Waals surface area (Å²) in [5.74, 6) is 0.704. The van der Waals surface area contributed by atoms with E-state index in [1.54, 1.807) is 0 Å². The molecule has 1 aromatic rings. The summed E-state index contributed by atoms with van der Waals surface area (Å²) in [5.41, 5.74) is 1.36. The van der Waals surface area contributed by atoms with E-state index in [1.807, 2.05) is 0 Å². The average molecular weight is 261 g/mol. The van der Waals surface area contributed by atoms with Crippen LogP contribution in [0.15, 0.2) is 30.3 Å². The van der Waals surface area contributed by atoms with Gasteiger partial charge in [-0.05, 0) is 25.1 Å². The van der Waals surface area contributed by atoms with Gasteiger partial charge in [0, 0.05) is 44.5 Å². The van der Waals surface area contributed by atoms with Crippen LogP contribution in [0.1, 0.15) is 13.8 Å². The summed E-state index contributed by atoms with van der Waals surface area (Å²) in [6.07, 6.45) is 0. The fourth-order valence-electron chi connectivity index (χ4n) is 2.95. The fraction of sp³-hybridized carbons (Fsp3) is 0.625. The number of piperazine rings is 1. The normalized spacial score (nSPS) is 18.8. The van der Waals surface area contributed by atoms with Crippen molar-refractivity contribution in [3.8, 4) is 0 Å². The number of benzene rings is 1. The van der Waals surface area contributed by atoms with Crippen LogP contribution in [0, 0.1) is 5.92 Å². The van der Waals surface area contributed by atoms with E-state index in [0.29, 0.717) is 12.0 Å². The third-order valence-corrected chi connectivity index (χ3v) is 4.09. The average Bonchev–Trinajstić information content (AvgIpc) is 2.46. The molecule has 1 atom stereocenters. The number of hydrogen-bond donors (Lipinski definition) is 1. The van der Waals surface area contributed by atoms with Gasteiger partial charge in [-0.25, -0.2) is 0 Å². The Morgan fingerprint density at radius 1 is 1.05 bits per heavy atom. The Morgan fingerprint density at radius 3 is 2.21 bits per heavy atom. The first-order chi connectivity index (χ1) is 9.22. The predicted molar refractivity (Wildman–Crippen MR) is 82.8 cm³/mol. The van der Waals surface area contributed by atoms with Crippen LogP contribution >= 0.6 is 0 Å². The third kappa shape index (κ3) is 3.71. The van der Waals surface area contributed by atoms with Crippen LogP contribution in [-0.2, 0) is 0 Å². The zero-order valence-electron chi connectivity index (χ0n) is 12.5. The molecule has 0 radical (unpaired) electrons. The van der Waals surface area contributed by atoms with E-state index in [2.05, 4.69) is 66.3 Å². The van der Waals surface area contributed by atoms with Crippen molar-refractivity contribution in [1.82, 2.24) is 10.2 Å². The molecule has 0 spiro atoms. The third-order valence-electron chi connectivity index (χ3n) is 4.09. The van der Waals surface area contributed by atoms with Crippen molar-refractivity contribution in [2.75, 3.05) is 44.7 Å². The SMILES string of the molecule is CNCC(C(C)C)N1CCN(c2ccccc2)CC1. The molecule has 19 heavy (non-hydrogen) atoms. The molecule has 0 saturated carbocycles. The maximum absolute atomic E-state index is 3.33. The minimum atomic E-state index is 0.655. The van der Waals surface area contributed by atoms with E-state index in [-0.39, 0.29) is 0 Å². The van der Waals surface area contributed by atoms with E-state index in [0.717, 1.165) is 19.6 Å². The summed E-state index contributed by atoms with van der Waals surface area (Å²) in [7, 11) is 2.05. The van der Waals surface area contributed by atoms with E-state index in [4.69, 9.17) is 0 Å². The zero-order chi connectivity index (χ0) is 13.7. The topological polar surface area (TPSA) is 18.5 Å². The van der Waals surface area contributed by atoms with Crippen molar-refractivity contribution in [2.45, 2.75) is 19.9 Å². The molecule has 3 heteroatoms. The lowest BCUT2D eigenvalue weighted by atomic mass is 10.0. The lowest BCUT2D eigenvalue weighted by Crippen LogP contribution is -2.54. The van der Waals surface area contributed by atoms with Crippen LogP contribution in [0.3, 0.4) is 0 Å². The molecular formula is C16H27N3. The lowest BCUT2D eigenvalue weighted by Gasteiger charge is -2.41. The van der Waals surface area contributed by atoms with Gasteiger partial charge < -0.3 is 10.2 Å². The first-order valence-electron chi connectivity index (χ1n) is 7.41. The molecule has 1 heterocycles. The number of nitrogens with zero attached hydrogens (tertiary/aromatic N) is 2. The van der Waals surface area contributed by atoms with Crippen LogP contribution in [-0.4, -0.2) is 50.7 Å². The molecule has 2 rings (SSSR count). The summed E-state index contributed by atoms with van der Waals surface area (Å²) in [6, 6.07) is 11.4. The van der Waals surface area contributed by atoms with Crippen molar-refractivity contribution in [2.24, 2.45) is 5.92 Å². The molecule has 3 nitrogen and oxygen atoms in total. The van der Waals surface area contributed by atoms with Gasteiger partial charge in [0.05, 0.1) is 0 Å². The minimum absolute atomic E-state index is 0.655. The van der Waals surface area contributed by atoms with E-state index >= 15 is 0 Å². The smallest absolute Gasteiger partial charge is 0.0367 e. The number of rotatable bonds is 5. The van der Waals surface area contributed by atoms with Crippen LogP contribution in [0.5, 0.6) is 0 Å². The number of hydrogen-bond acceptors (Lipinski definition) is 3. The molecule has 0 aliphatic carbocycles. The Kier molecular flexibility index (Phi) is 5.23. The molecule has 1 aromatic carbocycles. The molecule has 1 N–H and O–H groups in total. The van der Waals surface area contributed by atoms with Gasteiger partial charge in [-0.1, -0.05) is 32.0 Å². The molecular weight excluding hydrogens is 234 g/mol. The Hall–Kier alpha value is -1.06. The van der Waals surface area contributed by atoms with Gasteiger partial charge in [-0.2, -0.15) is 0 Å². The molecule has 0 aromatic heterocycles. The second-order valence-electron chi connectivity index (χ2n) is 5.73. The highest BCUT2D eigenvalue weighted by atomic mass is 15.3. The van der Waals surface area contributed by atoms with Crippen LogP contribution < -0.4 is 10.2 Å². The molecule has 1 saturated heterocycles. The summed E-state index contributed by atoms with van der Waals surface area (Å²) in [4.78, 5) is 5.13. The molecule has 0 amide bonds. The van der Waals surface area contributed by atoms with Gasteiger partial charge in [0.25, 0.3) is 0 Å². The van der Waals surface area contributed by atoms with Crippen molar-refractivity contribution in [3.63, 3.8) is 0 Å². The Balaban J connectivity index is 1.91. The second kappa shape index (κ2) is 6.92. The van der Waals surface area contributed by atoms with Gasteiger partial charge in [0.1, 0.15) is 0 Å². The maximum atomic E-state index is 3.33. The van der Waals surface area contributed by atoms with Crippen LogP contribution in [0.25, 0.3) is 0 Å². The fourth-order valence-corrected chi connectivity index (χ4v) is 2.95. The predicted octanol–water partition coefficient (Wildman–Crippen LogP) is 2.05. The standard InChI is InChI=1S/C16H27N3/c1-14(2)16(13-17-3)19-11-9-18(10-12-19)15-7-5-4-6-8-15/h4-8,14,16-17H,9-13H2,1-3H3. The largest absolute Gasteiger partial charge is 0.369 e. The lowest BCUT2D eigenvalue weighted by molar-refractivity contribution is 0.145. The van der Waals surface area contributed by atoms with Crippen molar-refractivity contribution in [1.29, 1.82) is 0 Å². The van der Waals surface area contributed by atoms with E-state index in [1.165, 1.54) is 18.8 Å². The highest BCUT2D eigenvalue weighted by Crippen LogP contribution is 2.18. The highest BCUT2D eigenvalue weighted by molar-refractivity contribution is 5.46. The Morgan fingerprint density at radius 2 is 1.68 bits per heavy atom. The number of likely N-dealkylation sites (N-methyl/N-ethyl adjacent to an activating group) is 1. The molecule has 106 valence electrons. The van der Waals surface area contributed by atoms with Crippen LogP contribution in [0.4, 0.5) is 5.69 Å². The summed E-state index contributed by atoms with van der Waals surface area (Å²) in [6.45, 7) is 10.3. The molecule has 1 aliphatic rings. The second-order valence-corrected chi connectivity index (χ2v) is 5.73. The monoisotopic (exact) mass is 261 g/mol. The first-order valence-corrected chi connectivity index (χ1v) is 7.41. The quantitative estimate of drug-likeness (QED) is 0.875. The van der Waals surface area contributed by atoms with Gasteiger partial charge in [-0.15, -0.1) is 0 Å². The van der Waals surface area contributed by atoms with E-state index in [9.17, 15) is 0 Å². The highest BCUT2D eigenvalue weighted by Gasteiger charge is 2.25. The number of anilines is 1.